The van der Waals surface area contributed by atoms with Crippen LogP contribution in [0.5, 0.6) is 5.75 Å². The van der Waals surface area contributed by atoms with Gasteiger partial charge in [0.1, 0.15) is 21.4 Å². The van der Waals surface area contributed by atoms with Crippen LogP contribution in [0.4, 0.5) is 24.7 Å². The fourth-order valence-corrected chi connectivity index (χ4v) is 7.85. The molecule has 0 saturated heterocycles. The number of nitrogens with one attached hydrogen (secondary N) is 4. The minimum absolute atomic E-state index is 0.00288. The average molecular weight is 851 g/mol. The minimum Gasteiger partial charge on any atom is -0.493 e. The summed E-state index contributed by atoms with van der Waals surface area (Å²) in [7, 11) is -6.98. The van der Waals surface area contributed by atoms with Crippen molar-refractivity contribution in [1.82, 2.24) is 15.0 Å². The highest BCUT2D eigenvalue weighted by Crippen LogP contribution is 2.35. The lowest BCUT2D eigenvalue weighted by Crippen LogP contribution is -2.15. The molecule has 0 aliphatic rings. The molecule has 0 atom stereocenters. The quantitative estimate of drug-likeness (QED) is 0.0879. The highest BCUT2D eigenvalue weighted by molar-refractivity contribution is 9.10. The minimum atomic E-state index is -4.18. The molecule has 0 saturated carbocycles. The number of hydrogen-bond donors (Lipinski definition) is 4. The first-order valence-corrected chi connectivity index (χ1v) is 18.5. The molecule has 0 fully saturated rings. The number of nitrogens with zero attached hydrogens (tertiary/aromatic N) is 2. The third kappa shape index (κ3) is 7.60. The van der Waals surface area contributed by atoms with E-state index in [-0.39, 0.29) is 33.3 Å². The smallest absolute Gasteiger partial charge is 0.265 e. The molecule has 0 spiro atoms. The lowest BCUT2D eigenvalue weighted by atomic mass is 10.2. The molecular formula is C30H19BrCl3F3N6O5S2. The van der Waals surface area contributed by atoms with Gasteiger partial charge in [-0.25, -0.2) is 25.6 Å². The van der Waals surface area contributed by atoms with Crippen LogP contribution in [0, 0.1) is 28.9 Å². The van der Waals surface area contributed by atoms with Gasteiger partial charge in [0.2, 0.25) is 5.95 Å². The maximum atomic E-state index is 14.0. The normalized spacial score (nSPS) is 11.6. The Bertz CT molecular complexity index is 2560. The standard InChI is InChI=1S/C16H12ClFN4O3S.C14H7BrCl2F2N2O2S/c1-25-13-6-9(4-5-19)15(18)21-16(13)22-26(23,24)14-8-20-12-7-10(17)2-3-11(12)14;15-7-2-1-6-12(5-20-14(6)13(7)17)24(22,23)21-11-4-9(18)8(16)3-10(11)19/h2-3,6-8,20H,4H2,1H3,(H,21,22);1-5,20-21H. The first-order valence-electron chi connectivity index (χ1n) is 13.6. The predicted molar refractivity (Wildman–Crippen MR) is 187 cm³/mol. The maximum absolute atomic E-state index is 14.0. The van der Waals surface area contributed by atoms with Gasteiger partial charge in [-0.15, -0.1) is 0 Å². The summed E-state index contributed by atoms with van der Waals surface area (Å²) in [5, 5.41) is 9.74. The second-order valence-electron chi connectivity index (χ2n) is 10.1. The summed E-state index contributed by atoms with van der Waals surface area (Å²) in [4.78, 5) is 8.97. The number of nitriles is 1. The monoisotopic (exact) mass is 848 g/mol. The van der Waals surface area contributed by atoms with Gasteiger partial charge < -0.3 is 14.7 Å². The zero-order chi connectivity index (χ0) is 36.5. The molecule has 0 bridgehead atoms. The van der Waals surface area contributed by atoms with E-state index in [0.717, 1.165) is 0 Å². The second-order valence-corrected chi connectivity index (χ2v) is 15.4. The third-order valence-electron chi connectivity index (χ3n) is 6.88. The fourth-order valence-electron chi connectivity index (χ4n) is 4.56. The van der Waals surface area contributed by atoms with Crippen molar-refractivity contribution in [1.29, 1.82) is 5.26 Å². The number of H-pyrrole nitrogens is 2. The van der Waals surface area contributed by atoms with Gasteiger partial charge in [0.25, 0.3) is 20.0 Å². The van der Waals surface area contributed by atoms with Crippen LogP contribution >= 0.6 is 50.7 Å². The maximum Gasteiger partial charge on any atom is 0.265 e. The van der Waals surface area contributed by atoms with E-state index in [1.807, 2.05) is 4.72 Å². The molecule has 0 unspecified atom stereocenters. The Labute approximate surface area is 305 Å². The summed E-state index contributed by atoms with van der Waals surface area (Å²) in [6.45, 7) is 0. The number of halogens is 7. The number of rotatable bonds is 8. The van der Waals surface area contributed by atoms with Crippen LogP contribution in [0.2, 0.25) is 15.1 Å². The molecule has 11 nitrogen and oxygen atoms in total. The number of benzene rings is 3. The lowest BCUT2D eigenvalue weighted by Gasteiger charge is -2.12. The Balaban J connectivity index is 0.000000195. The molecular weight excluding hydrogens is 832 g/mol. The van der Waals surface area contributed by atoms with Gasteiger partial charge in [0, 0.05) is 49.8 Å². The first kappa shape index (κ1) is 37.1. The SMILES string of the molecule is COc1cc(CC#N)c(F)nc1NS(=O)(=O)c1c[nH]c2cc(Cl)ccc12.O=S(=O)(Nc1cc(F)c(Cl)cc1F)c1c[nH]c2c(Cl)c(Br)ccc12. The number of methoxy groups -OCH3 is 1. The van der Waals surface area contributed by atoms with E-state index < -0.39 is 48.3 Å². The van der Waals surface area contributed by atoms with Crippen molar-refractivity contribution >= 4 is 104 Å². The van der Waals surface area contributed by atoms with Crippen LogP contribution in [0.3, 0.4) is 0 Å². The summed E-state index contributed by atoms with van der Waals surface area (Å²) < 4.78 is 102. The Morgan fingerprint density at radius 3 is 2.26 bits per heavy atom. The van der Waals surface area contributed by atoms with Gasteiger partial charge in [-0.05, 0) is 52.3 Å². The number of ether oxygens (including phenoxy) is 1. The van der Waals surface area contributed by atoms with E-state index in [4.69, 9.17) is 44.8 Å². The predicted octanol–water partition coefficient (Wildman–Crippen LogP) is 8.55. The highest BCUT2D eigenvalue weighted by atomic mass is 79.9. The second kappa shape index (κ2) is 14.6. The number of pyridine rings is 1. The molecule has 3 heterocycles. The van der Waals surface area contributed by atoms with E-state index in [0.29, 0.717) is 48.5 Å². The van der Waals surface area contributed by atoms with Crippen LogP contribution in [0.15, 0.2) is 75.2 Å². The van der Waals surface area contributed by atoms with Crippen LogP contribution in [-0.4, -0.2) is 38.9 Å². The van der Waals surface area contributed by atoms with Crippen LogP contribution in [-0.2, 0) is 26.5 Å². The summed E-state index contributed by atoms with van der Waals surface area (Å²) in [6.07, 6.45) is 2.30. The van der Waals surface area contributed by atoms with Crippen LogP contribution < -0.4 is 14.2 Å². The fraction of sp³-hybridized carbons (Fsp3) is 0.0667. The molecule has 260 valence electrons. The van der Waals surface area contributed by atoms with Crippen LogP contribution in [0.1, 0.15) is 5.56 Å². The number of hydrogen-bond acceptors (Lipinski definition) is 7. The Kier molecular flexibility index (Phi) is 10.8. The molecule has 3 aromatic heterocycles. The highest BCUT2D eigenvalue weighted by Gasteiger charge is 2.24. The average Bonchev–Trinajstić information content (AvgIpc) is 3.69. The number of fused-ring (bicyclic) bond motifs is 2. The molecule has 0 radical (unpaired) electrons. The summed E-state index contributed by atoms with van der Waals surface area (Å²) in [6, 6.07) is 12.2. The lowest BCUT2D eigenvalue weighted by molar-refractivity contribution is 0.412. The zero-order valence-electron chi connectivity index (χ0n) is 24.9. The van der Waals surface area contributed by atoms with Crippen molar-refractivity contribution in [3.63, 3.8) is 0 Å². The Morgan fingerprint density at radius 1 is 0.900 bits per heavy atom. The van der Waals surface area contributed by atoms with Gasteiger partial charge in [-0.1, -0.05) is 40.9 Å². The molecule has 0 aliphatic carbocycles. The van der Waals surface area contributed by atoms with E-state index >= 15 is 0 Å². The molecule has 50 heavy (non-hydrogen) atoms. The van der Waals surface area contributed by atoms with Crippen molar-refractivity contribution < 1.29 is 34.7 Å². The van der Waals surface area contributed by atoms with Crippen molar-refractivity contribution in [2.75, 3.05) is 16.6 Å². The zero-order valence-corrected chi connectivity index (χ0v) is 30.4. The molecule has 0 aliphatic heterocycles. The number of aromatic amines is 2. The van der Waals surface area contributed by atoms with E-state index in [9.17, 15) is 30.0 Å². The van der Waals surface area contributed by atoms with E-state index in [1.54, 1.807) is 30.3 Å². The summed E-state index contributed by atoms with van der Waals surface area (Å²) in [5.41, 5.74) is 0.394. The molecule has 4 N–H and O–H groups in total. The number of sulfonamides is 2. The first-order chi connectivity index (χ1) is 23.6. The van der Waals surface area contributed by atoms with E-state index in [1.165, 1.54) is 31.6 Å². The van der Waals surface area contributed by atoms with E-state index in [2.05, 4.69) is 35.6 Å². The molecule has 6 rings (SSSR count). The Morgan fingerprint density at radius 2 is 1.56 bits per heavy atom. The third-order valence-corrected chi connectivity index (χ3v) is 11.5. The van der Waals surface area contributed by atoms with Crippen molar-refractivity contribution in [3.8, 4) is 11.8 Å². The number of aromatic nitrogens is 3. The van der Waals surface area contributed by atoms with Crippen molar-refractivity contribution in [2.24, 2.45) is 0 Å². The van der Waals surface area contributed by atoms with Crippen LogP contribution in [0.25, 0.3) is 21.8 Å². The van der Waals surface area contributed by atoms with Gasteiger partial charge in [-0.3, -0.25) is 9.44 Å². The van der Waals surface area contributed by atoms with Crippen molar-refractivity contribution in [2.45, 2.75) is 16.2 Å². The molecule has 0 amide bonds. The largest absolute Gasteiger partial charge is 0.493 e. The van der Waals surface area contributed by atoms with Gasteiger partial charge in [-0.2, -0.15) is 14.6 Å². The number of anilines is 2. The summed E-state index contributed by atoms with van der Waals surface area (Å²) in [5.74, 6) is -3.19. The Hall–Kier alpha value is -4.18. The summed E-state index contributed by atoms with van der Waals surface area (Å²) >= 11 is 20.7. The van der Waals surface area contributed by atoms with Crippen molar-refractivity contribution in [3.05, 3.63) is 104 Å². The molecule has 3 aromatic carbocycles. The van der Waals surface area contributed by atoms with Gasteiger partial charge in [0.05, 0.1) is 40.8 Å². The molecule has 20 heteroatoms. The molecule has 6 aromatic rings. The van der Waals surface area contributed by atoms with Gasteiger partial charge >= 0.3 is 0 Å². The topological polar surface area (TPSA) is 170 Å². The van der Waals surface area contributed by atoms with Gasteiger partial charge in [0.15, 0.2) is 11.6 Å².